The van der Waals surface area contributed by atoms with Gasteiger partial charge in [-0.2, -0.15) is 0 Å². The number of methoxy groups -OCH3 is 1. The second-order valence-electron chi connectivity index (χ2n) is 6.38. The highest BCUT2D eigenvalue weighted by Gasteiger charge is 2.20. The highest BCUT2D eigenvalue weighted by Crippen LogP contribution is 2.35. The van der Waals surface area contributed by atoms with E-state index < -0.39 is 0 Å². The van der Waals surface area contributed by atoms with Crippen molar-refractivity contribution in [2.45, 2.75) is 39.5 Å². The van der Waals surface area contributed by atoms with Gasteiger partial charge < -0.3 is 14.1 Å². The topological polar surface area (TPSA) is 42.7 Å². The second kappa shape index (κ2) is 6.75. The lowest BCUT2D eigenvalue weighted by Gasteiger charge is -2.26. The number of piperidine rings is 1. The van der Waals surface area contributed by atoms with Crippen LogP contribution in [0.1, 0.15) is 47.4 Å². The Bertz CT molecular complexity index is 711. The van der Waals surface area contributed by atoms with Crippen LogP contribution in [0.15, 0.2) is 16.5 Å². The van der Waals surface area contributed by atoms with Gasteiger partial charge in [0.1, 0.15) is 5.76 Å². The predicted molar refractivity (Wildman–Crippen MR) is 91.5 cm³/mol. The number of ketones is 1. The van der Waals surface area contributed by atoms with Crippen LogP contribution in [0.3, 0.4) is 0 Å². The number of aryl methyl sites for hydroxylation is 2. The molecular weight excluding hydrogens is 290 g/mol. The zero-order valence-electron chi connectivity index (χ0n) is 14.3. The quantitative estimate of drug-likeness (QED) is 0.779. The molecule has 1 aromatic heterocycles. The van der Waals surface area contributed by atoms with Crippen LogP contribution in [0.4, 0.5) is 0 Å². The lowest BCUT2D eigenvalue weighted by molar-refractivity contribution is 0.0960. The maximum atomic E-state index is 12.8. The number of carbonyl (C=O) groups is 1. The molecule has 1 saturated heterocycles. The van der Waals surface area contributed by atoms with E-state index >= 15 is 0 Å². The lowest BCUT2D eigenvalue weighted by atomic mass is 9.99. The molecule has 0 saturated carbocycles. The number of rotatable bonds is 5. The molecule has 0 amide bonds. The van der Waals surface area contributed by atoms with Gasteiger partial charge in [0.05, 0.1) is 7.11 Å². The summed E-state index contributed by atoms with van der Waals surface area (Å²) in [6.07, 6.45) is 4.38. The Morgan fingerprint density at radius 1 is 1.22 bits per heavy atom. The smallest absolute Gasteiger partial charge is 0.177 e. The minimum absolute atomic E-state index is 0.187. The highest BCUT2D eigenvalue weighted by atomic mass is 16.5. The Kier molecular flexibility index (Phi) is 4.71. The first-order valence-electron chi connectivity index (χ1n) is 8.44. The number of nitrogens with zero attached hydrogens (tertiary/aromatic N) is 1. The van der Waals surface area contributed by atoms with E-state index in [-0.39, 0.29) is 5.78 Å². The van der Waals surface area contributed by atoms with E-state index in [0.29, 0.717) is 17.8 Å². The Balaban J connectivity index is 1.85. The fourth-order valence-electron chi connectivity index (χ4n) is 3.41. The summed E-state index contributed by atoms with van der Waals surface area (Å²) >= 11 is 0. The van der Waals surface area contributed by atoms with Crippen molar-refractivity contribution >= 4 is 16.8 Å². The van der Waals surface area contributed by atoms with Crippen LogP contribution >= 0.6 is 0 Å². The molecule has 2 aromatic rings. The maximum Gasteiger partial charge on any atom is 0.177 e. The molecule has 4 nitrogen and oxygen atoms in total. The lowest BCUT2D eigenvalue weighted by Crippen LogP contribution is -2.31. The van der Waals surface area contributed by atoms with Gasteiger partial charge in [0.25, 0.3) is 0 Å². The third-order valence-corrected chi connectivity index (χ3v) is 4.90. The number of hydrogen-bond donors (Lipinski definition) is 0. The zero-order chi connectivity index (χ0) is 16.4. The van der Waals surface area contributed by atoms with Crippen molar-refractivity contribution < 1.29 is 13.9 Å². The average Bonchev–Trinajstić information content (AvgIpc) is 2.88. The number of furan rings is 1. The number of Topliss-reactive ketones (excluding diaryl/α,β-unsaturated/α-hetero) is 1. The van der Waals surface area contributed by atoms with Crippen molar-refractivity contribution in [1.29, 1.82) is 0 Å². The summed E-state index contributed by atoms with van der Waals surface area (Å²) in [5.41, 5.74) is 2.47. The maximum absolute atomic E-state index is 12.8. The Morgan fingerprint density at radius 3 is 2.65 bits per heavy atom. The van der Waals surface area contributed by atoms with E-state index in [0.717, 1.165) is 41.9 Å². The fourth-order valence-corrected chi connectivity index (χ4v) is 3.41. The van der Waals surface area contributed by atoms with E-state index in [1.54, 1.807) is 7.11 Å². The standard InChI is InChI=1S/C19H25NO3/c1-13-14(2)23-19-17(22-3)8-7-15(18(13)19)16(21)9-12-20-10-5-4-6-11-20/h7-8H,4-6,9-12H2,1-3H3. The van der Waals surface area contributed by atoms with Gasteiger partial charge in [-0.25, -0.2) is 0 Å². The molecule has 2 heterocycles. The van der Waals surface area contributed by atoms with Crippen molar-refractivity contribution in [1.82, 2.24) is 4.90 Å². The van der Waals surface area contributed by atoms with E-state index in [1.807, 2.05) is 26.0 Å². The summed E-state index contributed by atoms with van der Waals surface area (Å²) in [5.74, 6) is 1.71. The van der Waals surface area contributed by atoms with Gasteiger partial charge in [0, 0.05) is 23.9 Å². The highest BCUT2D eigenvalue weighted by molar-refractivity contribution is 6.09. The van der Waals surface area contributed by atoms with Crippen LogP contribution in [0.2, 0.25) is 0 Å². The summed E-state index contributed by atoms with van der Waals surface area (Å²) in [6, 6.07) is 3.71. The van der Waals surface area contributed by atoms with Crippen LogP contribution in [-0.4, -0.2) is 37.4 Å². The summed E-state index contributed by atoms with van der Waals surface area (Å²) in [4.78, 5) is 15.2. The molecule has 0 unspecified atom stereocenters. The number of hydrogen-bond acceptors (Lipinski definition) is 4. The molecule has 1 aliphatic rings. The van der Waals surface area contributed by atoms with E-state index in [1.165, 1.54) is 19.3 Å². The monoisotopic (exact) mass is 315 g/mol. The molecule has 0 N–H and O–H groups in total. The fraction of sp³-hybridized carbons (Fsp3) is 0.526. The molecule has 3 rings (SSSR count). The van der Waals surface area contributed by atoms with Gasteiger partial charge in [-0.05, 0) is 57.5 Å². The van der Waals surface area contributed by atoms with E-state index in [9.17, 15) is 4.79 Å². The largest absolute Gasteiger partial charge is 0.493 e. The van der Waals surface area contributed by atoms with E-state index in [4.69, 9.17) is 9.15 Å². The molecule has 4 heteroatoms. The van der Waals surface area contributed by atoms with Gasteiger partial charge >= 0.3 is 0 Å². The number of fused-ring (bicyclic) bond motifs is 1. The minimum Gasteiger partial charge on any atom is -0.493 e. The molecule has 1 fully saturated rings. The molecule has 0 bridgehead atoms. The second-order valence-corrected chi connectivity index (χ2v) is 6.38. The molecule has 0 radical (unpaired) electrons. The van der Waals surface area contributed by atoms with Crippen LogP contribution < -0.4 is 4.74 Å². The van der Waals surface area contributed by atoms with Gasteiger partial charge in [-0.3, -0.25) is 4.79 Å². The summed E-state index contributed by atoms with van der Waals surface area (Å²) < 4.78 is 11.2. The third-order valence-electron chi connectivity index (χ3n) is 4.90. The van der Waals surface area contributed by atoms with Crippen LogP contribution in [-0.2, 0) is 0 Å². The van der Waals surface area contributed by atoms with Crippen LogP contribution in [0.5, 0.6) is 5.75 Å². The normalized spacial score (nSPS) is 16.0. The van der Waals surface area contributed by atoms with Crippen molar-refractivity contribution in [3.8, 4) is 5.75 Å². The van der Waals surface area contributed by atoms with E-state index in [2.05, 4.69) is 4.90 Å². The molecule has 23 heavy (non-hydrogen) atoms. The molecule has 0 spiro atoms. The first kappa shape index (κ1) is 16.1. The Hall–Kier alpha value is -1.81. The van der Waals surface area contributed by atoms with Crippen molar-refractivity contribution in [3.05, 3.63) is 29.0 Å². The first-order chi connectivity index (χ1) is 11.1. The first-order valence-corrected chi connectivity index (χ1v) is 8.44. The number of ether oxygens (including phenoxy) is 1. The number of benzene rings is 1. The molecular formula is C19H25NO3. The molecule has 0 atom stereocenters. The van der Waals surface area contributed by atoms with Gasteiger partial charge in [-0.15, -0.1) is 0 Å². The Labute approximate surface area is 137 Å². The summed E-state index contributed by atoms with van der Waals surface area (Å²) in [7, 11) is 1.62. The van der Waals surface area contributed by atoms with Crippen LogP contribution in [0.25, 0.3) is 11.0 Å². The average molecular weight is 315 g/mol. The minimum atomic E-state index is 0.187. The molecule has 1 aliphatic heterocycles. The van der Waals surface area contributed by atoms with Gasteiger partial charge in [-0.1, -0.05) is 6.42 Å². The molecule has 124 valence electrons. The van der Waals surface area contributed by atoms with Crippen LogP contribution in [0, 0.1) is 13.8 Å². The molecule has 1 aromatic carbocycles. The number of likely N-dealkylation sites (tertiary alicyclic amines) is 1. The Morgan fingerprint density at radius 2 is 1.96 bits per heavy atom. The van der Waals surface area contributed by atoms with Gasteiger partial charge in [0.15, 0.2) is 17.1 Å². The van der Waals surface area contributed by atoms with Crippen molar-refractivity contribution in [2.75, 3.05) is 26.7 Å². The number of carbonyl (C=O) groups excluding carboxylic acids is 1. The molecule has 0 aliphatic carbocycles. The summed E-state index contributed by atoms with van der Waals surface area (Å²) in [6.45, 7) is 7.02. The third kappa shape index (κ3) is 3.13. The van der Waals surface area contributed by atoms with Gasteiger partial charge in [0.2, 0.25) is 0 Å². The summed E-state index contributed by atoms with van der Waals surface area (Å²) in [5, 5.41) is 0.908. The van der Waals surface area contributed by atoms with Crippen molar-refractivity contribution in [2.24, 2.45) is 0 Å². The zero-order valence-corrected chi connectivity index (χ0v) is 14.3. The predicted octanol–water partition coefficient (Wildman–Crippen LogP) is 4.12. The SMILES string of the molecule is COc1ccc(C(=O)CCN2CCCCC2)c2c(C)c(C)oc12. The van der Waals surface area contributed by atoms with Crippen molar-refractivity contribution in [3.63, 3.8) is 0 Å².